The number of hydrogen-bond donors (Lipinski definition) is 2. The second kappa shape index (κ2) is 17.6. The summed E-state index contributed by atoms with van der Waals surface area (Å²) in [6.07, 6.45) is 4.94. The van der Waals surface area contributed by atoms with Crippen molar-refractivity contribution < 1.29 is 27.5 Å². The van der Waals surface area contributed by atoms with Gasteiger partial charge in [0.25, 0.3) is 18.2 Å². The molecule has 2 aromatic rings. The normalized spacial score (nSPS) is 10.7. The maximum absolute atomic E-state index is 12.8. The first kappa shape index (κ1) is 31.3. The Labute approximate surface area is 235 Å². The smallest absolute Gasteiger partial charge is 0.406 e. The van der Waals surface area contributed by atoms with Crippen molar-refractivity contribution in [1.29, 1.82) is 0 Å². The van der Waals surface area contributed by atoms with Gasteiger partial charge in [0.2, 0.25) is 0 Å². The van der Waals surface area contributed by atoms with Crippen molar-refractivity contribution in [3.8, 4) is 17.2 Å². The molecule has 0 aliphatic heterocycles. The fourth-order valence-electron chi connectivity index (χ4n) is 3.34. The van der Waals surface area contributed by atoms with E-state index >= 15 is 0 Å². The molecule has 0 bridgehead atoms. The molecule has 2 aromatic carbocycles. The topological polar surface area (TPSA) is 97.4 Å². The first-order chi connectivity index (χ1) is 18.3. The number of hydrogen-bond acceptors (Lipinski definition) is 9. The Hall–Kier alpha value is -2.89. The molecule has 0 aliphatic rings. The highest BCUT2D eigenvalue weighted by Gasteiger charge is 2.17. The number of nitrogens with one attached hydrogen (secondary N) is 1. The van der Waals surface area contributed by atoms with Gasteiger partial charge in [-0.3, -0.25) is 9.59 Å². The number of ether oxygens (including phenoxy) is 1. The molecule has 38 heavy (non-hydrogen) atoms. The molecule has 0 atom stereocenters. The molecular formula is C27H37N3O6S2. The Morgan fingerprint density at radius 2 is 1.63 bits per heavy atom. The standard InChI is InChI=1S/C27H37N3O6S2/c1-29(2)16-10-17-30(3)27(33)34-24-11-6-7-12-25(24)36-38-35-23-14-13-21(20-31)19-22(23)26(32)28-15-8-4-5-9-18-37/h6-7,11-14,19-20,37H,4-5,8-10,15-18H2,1-3H3,(H,28,32). The SMILES string of the molecule is CN(C)CCCN(C)C(=O)Oc1ccccc1OSOc1ccc(C=O)cc1C(=O)NCCCCCCS. The van der Waals surface area contributed by atoms with E-state index in [4.69, 9.17) is 13.1 Å². The van der Waals surface area contributed by atoms with E-state index in [1.807, 2.05) is 19.0 Å². The van der Waals surface area contributed by atoms with Crippen LogP contribution in [0.25, 0.3) is 0 Å². The predicted molar refractivity (Wildman–Crippen MR) is 154 cm³/mol. The lowest BCUT2D eigenvalue weighted by Crippen LogP contribution is -2.32. The Balaban J connectivity index is 1.96. The monoisotopic (exact) mass is 563 g/mol. The van der Waals surface area contributed by atoms with Crippen molar-refractivity contribution in [3.05, 3.63) is 53.6 Å². The summed E-state index contributed by atoms with van der Waals surface area (Å²) in [6.45, 7) is 1.92. The molecule has 0 radical (unpaired) electrons. The summed E-state index contributed by atoms with van der Waals surface area (Å²) in [7, 11) is 5.63. The molecule has 0 aromatic heterocycles. The number of aldehydes is 1. The Kier molecular flexibility index (Phi) is 14.5. The third-order valence-electron chi connectivity index (χ3n) is 5.46. The highest BCUT2D eigenvalue weighted by atomic mass is 32.2. The summed E-state index contributed by atoms with van der Waals surface area (Å²) in [5.74, 6) is 1.27. The maximum Gasteiger partial charge on any atom is 0.415 e. The number of amides is 2. The summed E-state index contributed by atoms with van der Waals surface area (Å²) in [4.78, 5) is 40.1. The zero-order chi connectivity index (χ0) is 27.8. The van der Waals surface area contributed by atoms with Crippen molar-refractivity contribution in [1.82, 2.24) is 15.1 Å². The zero-order valence-electron chi connectivity index (χ0n) is 22.2. The van der Waals surface area contributed by atoms with Crippen LogP contribution in [0.1, 0.15) is 52.8 Å². The van der Waals surface area contributed by atoms with Gasteiger partial charge in [0.15, 0.2) is 17.2 Å². The second-order valence-corrected chi connectivity index (χ2v) is 9.81. The van der Waals surface area contributed by atoms with Gasteiger partial charge in [0.05, 0.1) is 5.56 Å². The van der Waals surface area contributed by atoms with Gasteiger partial charge in [-0.2, -0.15) is 12.6 Å². The molecule has 208 valence electrons. The van der Waals surface area contributed by atoms with Gasteiger partial charge in [-0.1, -0.05) is 25.0 Å². The van der Waals surface area contributed by atoms with Gasteiger partial charge in [-0.15, -0.1) is 0 Å². The summed E-state index contributed by atoms with van der Waals surface area (Å²) in [6, 6.07) is 11.3. The molecule has 11 heteroatoms. The Morgan fingerprint density at radius 3 is 2.34 bits per heavy atom. The van der Waals surface area contributed by atoms with E-state index in [1.165, 1.54) is 17.0 Å². The van der Waals surface area contributed by atoms with Crippen LogP contribution in [0, 0.1) is 0 Å². The average Bonchev–Trinajstić information content (AvgIpc) is 2.91. The van der Waals surface area contributed by atoms with Gasteiger partial charge in [0, 0.05) is 25.7 Å². The molecule has 0 unspecified atom stereocenters. The maximum atomic E-state index is 12.8. The lowest BCUT2D eigenvalue weighted by Gasteiger charge is -2.18. The van der Waals surface area contributed by atoms with Gasteiger partial charge in [0.1, 0.15) is 6.29 Å². The summed E-state index contributed by atoms with van der Waals surface area (Å²) in [5.41, 5.74) is 0.578. The minimum Gasteiger partial charge on any atom is -0.406 e. The fourth-order valence-corrected chi connectivity index (χ4v) is 4.03. The number of carbonyl (C=O) groups excluding carboxylic acids is 3. The molecule has 2 amide bonds. The van der Waals surface area contributed by atoms with Crippen molar-refractivity contribution in [2.45, 2.75) is 32.1 Å². The van der Waals surface area contributed by atoms with Crippen molar-refractivity contribution >= 4 is 43.2 Å². The van der Waals surface area contributed by atoms with E-state index in [1.54, 1.807) is 37.4 Å². The lowest BCUT2D eigenvalue weighted by atomic mass is 10.1. The summed E-state index contributed by atoms with van der Waals surface area (Å²) >= 11 is 4.83. The average molecular weight is 564 g/mol. The van der Waals surface area contributed by atoms with Crippen LogP contribution in [-0.4, -0.2) is 74.6 Å². The predicted octanol–water partition coefficient (Wildman–Crippen LogP) is 5.12. The van der Waals surface area contributed by atoms with E-state index < -0.39 is 6.09 Å². The number of rotatable bonds is 17. The van der Waals surface area contributed by atoms with Crippen LogP contribution in [0.3, 0.4) is 0 Å². The molecule has 0 saturated carbocycles. The highest BCUT2D eigenvalue weighted by molar-refractivity contribution is 7.90. The van der Waals surface area contributed by atoms with Gasteiger partial charge in [-0.25, -0.2) is 4.79 Å². The fraction of sp³-hybridized carbons (Fsp3) is 0.444. The number of thiol groups is 1. The van der Waals surface area contributed by atoms with Crippen LogP contribution in [-0.2, 0) is 0 Å². The minimum atomic E-state index is -0.500. The summed E-state index contributed by atoms with van der Waals surface area (Å²) in [5, 5.41) is 2.87. The molecule has 0 heterocycles. The number of para-hydroxylation sites is 2. The molecule has 1 N–H and O–H groups in total. The van der Waals surface area contributed by atoms with E-state index in [-0.39, 0.29) is 28.7 Å². The molecule has 0 aliphatic carbocycles. The molecule has 0 spiro atoms. The first-order valence-corrected chi connectivity index (χ1v) is 13.8. The molecular weight excluding hydrogens is 526 g/mol. The van der Waals surface area contributed by atoms with Crippen LogP contribution in [0.5, 0.6) is 17.2 Å². The molecule has 0 fully saturated rings. The van der Waals surface area contributed by atoms with E-state index in [9.17, 15) is 14.4 Å². The van der Waals surface area contributed by atoms with E-state index in [0.717, 1.165) is 44.4 Å². The van der Waals surface area contributed by atoms with Crippen LogP contribution in [0.15, 0.2) is 42.5 Å². The lowest BCUT2D eigenvalue weighted by molar-refractivity contribution is 0.0951. The van der Waals surface area contributed by atoms with E-state index in [2.05, 4.69) is 17.9 Å². The van der Waals surface area contributed by atoms with Gasteiger partial charge >= 0.3 is 6.09 Å². The first-order valence-electron chi connectivity index (χ1n) is 12.5. The van der Waals surface area contributed by atoms with Crippen molar-refractivity contribution in [2.24, 2.45) is 0 Å². The molecule has 0 saturated heterocycles. The van der Waals surface area contributed by atoms with Crippen LogP contribution < -0.4 is 18.4 Å². The Bertz CT molecular complexity index is 1040. The third kappa shape index (κ3) is 11.2. The van der Waals surface area contributed by atoms with Crippen LogP contribution in [0.2, 0.25) is 0 Å². The minimum absolute atomic E-state index is 0.222. The number of benzene rings is 2. The number of nitrogens with zero attached hydrogens (tertiary/aromatic N) is 2. The quantitative estimate of drug-likeness (QED) is 0.118. The largest absolute Gasteiger partial charge is 0.415 e. The van der Waals surface area contributed by atoms with Crippen molar-refractivity contribution in [3.63, 3.8) is 0 Å². The third-order valence-corrected chi connectivity index (χ3v) is 6.27. The van der Waals surface area contributed by atoms with E-state index in [0.29, 0.717) is 37.3 Å². The van der Waals surface area contributed by atoms with Gasteiger partial charge in [-0.05, 0) is 76.0 Å². The Morgan fingerprint density at radius 1 is 0.921 bits per heavy atom. The van der Waals surface area contributed by atoms with Crippen LogP contribution >= 0.6 is 25.0 Å². The van der Waals surface area contributed by atoms with Crippen LogP contribution in [0.4, 0.5) is 4.79 Å². The number of carbonyl (C=O) groups is 3. The summed E-state index contributed by atoms with van der Waals surface area (Å²) < 4.78 is 16.8. The second-order valence-electron chi connectivity index (χ2n) is 8.89. The molecule has 9 nitrogen and oxygen atoms in total. The molecule has 2 rings (SSSR count). The van der Waals surface area contributed by atoms with Crippen molar-refractivity contribution in [2.75, 3.05) is 46.5 Å². The number of unbranched alkanes of at least 4 members (excludes halogenated alkanes) is 3. The highest BCUT2D eigenvalue weighted by Crippen LogP contribution is 2.32. The zero-order valence-corrected chi connectivity index (χ0v) is 23.9. The van der Waals surface area contributed by atoms with Gasteiger partial charge < -0.3 is 28.2 Å².